The molecule has 118 heavy (non-hydrogen) atoms. The van der Waals surface area contributed by atoms with Crippen LogP contribution in [0.1, 0.15) is 0 Å². The van der Waals surface area contributed by atoms with Crippen LogP contribution in [-0.4, -0.2) is 29.1 Å². The molecule has 4 aromatic heterocycles. The van der Waals surface area contributed by atoms with E-state index in [1.807, 2.05) is 0 Å². The van der Waals surface area contributed by atoms with E-state index in [4.69, 9.17) is 19.9 Å². The number of rotatable bonds is 12. The van der Waals surface area contributed by atoms with Crippen LogP contribution in [0.3, 0.4) is 0 Å². The molecule has 4 heterocycles. The summed E-state index contributed by atoms with van der Waals surface area (Å²) >= 11 is 0. The number of para-hydroxylation sites is 1. The van der Waals surface area contributed by atoms with Crippen LogP contribution >= 0.6 is 0 Å². The molecule has 0 N–H and O–H groups in total. The van der Waals surface area contributed by atoms with Gasteiger partial charge in [0.2, 0.25) is 0 Å². The molecule has 6 nitrogen and oxygen atoms in total. The molecule has 0 aliphatic carbocycles. The summed E-state index contributed by atoms with van der Waals surface area (Å²) in [5, 5.41) is 16.6. The highest BCUT2D eigenvalue weighted by molar-refractivity contribution is 6.19. The fraction of sp³-hybridized carbons (Fsp3) is 0. The number of imidazole rings is 2. The lowest BCUT2D eigenvalue weighted by molar-refractivity contribution is 1.07. The van der Waals surface area contributed by atoms with Crippen LogP contribution in [0.4, 0.5) is 0 Å². The van der Waals surface area contributed by atoms with Crippen molar-refractivity contribution in [2.45, 2.75) is 0 Å². The molecule has 0 unspecified atom stereocenters. The van der Waals surface area contributed by atoms with Crippen LogP contribution in [0.25, 0.3) is 221 Å². The van der Waals surface area contributed by atoms with Gasteiger partial charge in [0.15, 0.2) is 0 Å². The topological polar surface area (TPSA) is 61.4 Å². The summed E-state index contributed by atoms with van der Waals surface area (Å²) < 4.78 is 4.60. The van der Waals surface area contributed by atoms with E-state index < -0.39 is 0 Å². The standard InChI is InChI=1S/C60H39N3.C52H33N3/c1-4-18-43(19-5-1)57-59(44-20-6-2-7-21-44)63(60(62-57)45-22-8-3-9-23-45)50-34-32-42(33-35-50)54-39-56(49-31-29-41-17-11-13-25-47(41)37-49)61-58-52-27-15-14-26-51(52)53(38-55(54)58)48-30-28-40-16-10-12-24-46(40)36-48;1-3-15-36(16-4-1)52-54-49-31-40(27-28-50(49)55(52)42-19-5-2-6-20-42)46-33-48(41-26-24-35-14-8-10-18-38(35)30-41)53-51-44-22-12-11-21-43(44)45(32-47(46)51)39-25-23-34-13-7-9-17-37(34)29-39/h1-39H;1-33H. The van der Waals surface area contributed by atoms with Crippen molar-refractivity contribution >= 4 is 97.5 Å². The van der Waals surface area contributed by atoms with E-state index in [1.165, 1.54) is 76.1 Å². The molecule has 0 saturated heterocycles. The molecule has 0 aliphatic rings. The second-order valence-corrected chi connectivity index (χ2v) is 30.4. The summed E-state index contributed by atoms with van der Waals surface area (Å²) in [6.07, 6.45) is 0. The Hall–Kier alpha value is -15.8. The van der Waals surface area contributed by atoms with Gasteiger partial charge in [0.05, 0.1) is 44.8 Å². The Balaban J connectivity index is 0.000000144. The highest BCUT2D eigenvalue weighted by atomic mass is 15.1. The molecule has 0 bridgehead atoms. The molecule has 0 radical (unpaired) electrons. The summed E-state index contributed by atoms with van der Waals surface area (Å²) in [5.74, 6) is 1.81. The van der Waals surface area contributed by atoms with E-state index in [1.54, 1.807) is 0 Å². The second kappa shape index (κ2) is 29.3. The zero-order valence-corrected chi connectivity index (χ0v) is 64.3. The Bertz CT molecular complexity index is 7830. The zero-order chi connectivity index (χ0) is 78.0. The maximum Gasteiger partial charge on any atom is 0.145 e. The molecule has 0 spiro atoms. The lowest BCUT2D eigenvalue weighted by atomic mass is 9.90. The Morgan fingerprint density at radius 3 is 0.975 bits per heavy atom. The molecular weight excluding hydrogens is 1430 g/mol. The Morgan fingerprint density at radius 1 is 0.178 bits per heavy atom. The first-order valence-electron chi connectivity index (χ1n) is 40.2. The van der Waals surface area contributed by atoms with Crippen molar-refractivity contribution in [1.29, 1.82) is 0 Å². The van der Waals surface area contributed by atoms with Gasteiger partial charge in [-0.1, -0.05) is 352 Å². The van der Waals surface area contributed by atoms with E-state index >= 15 is 0 Å². The quantitative estimate of drug-likeness (QED) is 0.114. The van der Waals surface area contributed by atoms with Gasteiger partial charge in [0.1, 0.15) is 11.6 Å². The smallest absolute Gasteiger partial charge is 0.145 e. The van der Waals surface area contributed by atoms with E-state index in [9.17, 15) is 0 Å². The summed E-state index contributed by atoms with van der Waals surface area (Å²) in [6, 6.07) is 156. The molecule has 0 saturated carbocycles. The van der Waals surface area contributed by atoms with Crippen LogP contribution in [0.2, 0.25) is 0 Å². The Kier molecular flexibility index (Phi) is 17.1. The molecule has 0 atom stereocenters. The Morgan fingerprint density at radius 2 is 0.508 bits per heavy atom. The minimum absolute atomic E-state index is 0.889. The highest BCUT2D eigenvalue weighted by Crippen LogP contribution is 2.47. The SMILES string of the molecule is c1ccc(-c2nc(-c3ccccc3)n(-c3ccc(-c4cc(-c5ccc6ccccc6c5)nc5c4cc(-c4ccc6ccccc6c4)c4ccccc45)cc3)c2-c2ccccc2)cc1.c1ccc(-c2nc3cc(-c4cc(-c5ccc6ccccc6c5)nc5c4cc(-c4ccc6ccccc6c4)c4ccccc45)ccc3n2-c2ccccc2)cc1. The Labute approximate surface area is 682 Å². The van der Waals surface area contributed by atoms with Gasteiger partial charge in [-0.05, 0) is 183 Å². The average Bonchev–Trinajstić information content (AvgIpc) is 1.63. The van der Waals surface area contributed by atoms with Gasteiger partial charge in [0, 0.05) is 66.3 Å². The van der Waals surface area contributed by atoms with Gasteiger partial charge in [0.25, 0.3) is 0 Å². The minimum Gasteiger partial charge on any atom is -0.292 e. The highest BCUT2D eigenvalue weighted by Gasteiger charge is 2.26. The monoisotopic (exact) mass is 1500 g/mol. The largest absolute Gasteiger partial charge is 0.292 e. The molecule has 23 aromatic rings. The predicted molar refractivity (Wildman–Crippen MR) is 495 cm³/mol. The zero-order valence-electron chi connectivity index (χ0n) is 64.3. The third-order valence-corrected chi connectivity index (χ3v) is 23.3. The van der Waals surface area contributed by atoms with E-state index in [0.717, 1.165) is 145 Å². The first-order chi connectivity index (χ1) is 58.5. The number of benzene rings is 19. The van der Waals surface area contributed by atoms with Gasteiger partial charge in [-0.15, -0.1) is 0 Å². The lowest BCUT2D eigenvalue weighted by Crippen LogP contribution is -2.00. The first-order valence-corrected chi connectivity index (χ1v) is 40.2. The molecule has 19 aromatic carbocycles. The molecule has 0 amide bonds. The first kappa shape index (κ1) is 69.0. The van der Waals surface area contributed by atoms with Crippen LogP contribution in [-0.2, 0) is 0 Å². The predicted octanol–water partition coefficient (Wildman–Crippen LogP) is 29.6. The van der Waals surface area contributed by atoms with Crippen LogP contribution in [0, 0.1) is 0 Å². The van der Waals surface area contributed by atoms with E-state index in [-0.39, 0.29) is 0 Å². The normalized spacial score (nSPS) is 11.6. The summed E-state index contributed by atoms with van der Waals surface area (Å²) in [7, 11) is 0. The molecule has 0 aliphatic heterocycles. The fourth-order valence-electron chi connectivity index (χ4n) is 17.5. The molecule has 6 heteroatoms. The number of pyridine rings is 2. The number of aromatic nitrogens is 6. The van der Waals surface area contributed by atoms with Crippen LogP contribution in [0.5, 0.6) is 0 Å². The third-order valence-electron chi connectivity index (χ3n) is 23.3. The average molecular weight is 1500 g/mol. The van der Waals surface area contributed by atoms with Gasteiger partial charge in [-0.25, -0.2) is 19.9 Å². The molecule has 0 fully saturated rings. The van der Waals surface area contributed by atoms with Gasteiger partial charge in [-0.3, -0.25) is 9.13 Å². The number of nitrogens with zero attached hydrogens (tertiary/aromatic N) is 6. The van der Waals surface area contributed by atoms with Crippen molar-refractivity contribution in [1.82, 2.24) is 29.1 Å². The van der Waals surface area contributed by atoms with Gasteiger partial charge >= 0.3 is 0 Å². The van der Waals surface area contributed by atoms with Gasteiger partial charge in [-0.2, -0.15) is 0 Å². The molecule has 23 rings (SSSR count). The summed E-state index contributed by atoms with van der Waals surface area (Å²) in [4.78, 5) is 21.8. The maximum absolute atomic E-state index is 5.53. The van der Waals surface area contributed by atoms with E-state index in [2.05, 4.69) is 446 Å². The van der Waals surface area contributed by atoms with Crippen molar-refractivity contribution < 1.29 is 0 Å². The maximum atomic E-state index is 5.53. The number of hydrogen-bond donors (Lipinski definition) is 0. The van der Waals surface area contributed by atoms with Crippen molar-refractivity contribution in [2.24, 2.45) is 0 Å². The van der Waals surface area contributed by atoms with Gasteiger partial charge < -0.3 is 0 Å². The van der Waals surface area contributed by atoms with Crippen molar-refractivity contribution in [3.63, 3.8) is 0 Å². The van der Waals surface area contributed by atoms with Crippen LogP contribution < -0.4 is 0 Å². The minimum atomic E-state index is 0.889. The summed E-state index contributed by atoms with van der Waals surface area (Å²) in [5.41, 5.74) is 25.6. The van der Waals surface area contributed by atoms with Crippen molar-refractivity contribution in [3.05, 3.63) is 437 Å². The van der Waals surface area contributed by atoms with E-state index in [0.29, 0.717) is 0 Å². The van der Waals surface area contributed by atoms with Crippen molar-refractivity contribution in [2.75, 3.05) is 0 Å². The summed E-state index contributed by atoms with van der Waals surface area (Å²) in [6.45, 7) is 0. The molecular formula is C112H72N6. The number of fused-ring (bicyclic) bond motifs is 11. The number of hydrogen-bond acceptors (Lipinski definition) is 4. The molecule has 550 valence electrons. The lowest BCUT2D eigenvalue weighted by Gasteiger charge is -2.17. The van der Waals surface area contributed by atoms with Crippen molar-refractivity contribution in [3.8, 4) is 124 Å². The third kappa shape index (κ3) is 12.5. The van der Waals surface area contributed by atoms with Crippen LogP contribution in [0.15, 0.2) is 437 Å². The fourth-order valence-corrected chi connectivity index (χ4v) is 17.5. The second-order valence-electron chi connectivity index (χ2n) is 30.4.